The Kier molecular flexibility index (Phi) is 3.29. The molecule has 2 aromatic heterocycles. The van der Waals surface area contributed by atoms with Gasteiger partial charge in [0.25, 0.3) is 0 Å². The van der Waals surface area contributed by atoms with E-state index in [1.807, 2.05) is 24.3 Å². The fraction of sp³-hybridized carbons (Fsp3) is 0.333. The average molecular weight is 339 g/mol. The molecule has 0 bridgehead atoms. The Hall–Kier alpha value is -2.34. The van der Waals surface area contributed by atoms with E-state index in [1.165, 1.54) is 12.8 Å². The topological polar surface area (TPSA) is 47.5 Å². The molecular weight excluding hydrogens is 322 g/mol. The molecule has 24 heavy (non-hydrogen) atoms. The second kappa shape index (κ2) is 5.63. The molecule has 4 heterocycles. The maximum absolute atomic E-state index is 6.21. The van der Waals surface area contributed by atoms with Crippen LogP contribution in [0.15, 0.2) is 36.0 Å². The van der Waals surface area contributed by atoms with Crippen molar-refractivity contribution in [2.45, 2.75) is 18.9 Å². The molecule has 5 nitrogen and oxygen atoms in total. The molecule has 0 spiro atoms. The van der Waals surface area contributed by atoms with Crippen LogP contribution in [0.3, 0.4) is 0 Å². The monoisotopic (exact) mass is 339 g/mol. The molecule has 2 aliphatic heterocycles. The lowest BCUT2D eigenvalue weighted by atomic mass is 10.1. The standard InChI is InChI=1S/C18H17N3O2S/c1-2-6-14-13(5-1)22-9-15(23-14)12-10-24-18-16(12)17(19-11-20-18)21-7-3-4-8-21/h1-2,5-6,10-11,15H,3-4,7-9H2/t15-/m0/s1. The summed E-state index contributed by atoms with van der Waals surface area (Å²) in [6.45, 7) is 2.63. The molecule has 0 aliphatic carbocycles. The van der Waals surface area contributed by atoms with Crippen LogP contribution >= 0.6 is 11.3 Å². The number of thiophene rings is 1. The van der Waals surface area contributed by atoms with Crippen molar-refractivity contribution in [3.8, 4) is 11.5 Å². The van der Waals surface area contributed by atoms with Gasteiger partial charge in [-0.3, -0.25) is 0 Å². The summed E-state index contributed by atoms with van der Waals surface area (Å²) in [5.74, 6) is 2.65. The van der Waals surface area contributed by atoms with Crippen molar-refractivity contribution < 1.29 is 9.47 Å². The van der Waals surface area contributed by atoms with E-state index in [-0.39, 0.29) is 6.10 Å². The number of hydrogen-bond acceptors (Lipinski definition) is 6. The molecule has 2 aliphatic rings. The molecule has 1 fully saturated rings. The number of para-hydroxylation sites is 2. The van der Waals surface area contributed by atoms with Crippen molar-refractivity contribution in [2.75, 3.05) is 24.6 Å². The summed E-state index contributed by atoms with van der Waals surface area (Å²) in [5.41, 5.74) is 1.13. The number of ether oxygens (including phenoxy) is 2. The average Bonchev–Trinajstić information content (AvgIpc) is 3.31. The molecule has 1 saturated heterocycles. The summed E-state index contributed by atoms with van der Waals surface area (Å²) in [5, 5.41) is 3.26. The van der Waals surface area contributed by atoms with Gasteiger partial charge in [-0.2, -0.15) is 0 Å². The van der Waals surface area contributed by atoms with Crippen LogP contribution in [0.5, 0.6) is 11.5 Å². The van der Waals surface area contributed by atoms with Gasteiger partial charge >= 0.3 is 0 Å². The van der Waals surface area contributed by atoms with Crippen LogP contribution in [0, 0.1) is 0 Å². The van der Waals surface area contributed by atoms with Crippen LogP contribution < -0.4 is 14.4 Å². The van der Waals surface area contributed by atoms with Gasteiger partial charge in [0.1, 0.15) is 23.6 Å². The zero-order valence-corrected chi connectivity index (χ0v) is 14.0. The quantitative estimate of drug-likeness (QED) is 0.711. The van der Waals surface area contributed by atoms with E-state index < -0.39 is 0 Å². The number of rotatable bonds is 2. The SMILES string of the molecule is c1ccc2c(c1)OC[C@@H](c1csc3ncnc(N4CCCC4)c13)O2. The van der Waals surface area contributed by atoms with Crippen LogP contribution in [0.2, 0.25) is 0 Å². The lowest BCUT2D eigenvalue weighted by Crippen LogP contribution is -2.23. The van der Waals surface area contributed by atoms with Crippen molar-refractivity contribution in [3.05, 3.63) is 41.5 Å². The van der Waals surface area contributed by atoms with Gasteiger partial charge < -0.3 is 14.4 Å². The maximum atomic E-state index is 6.21. The van der Waals surface area contributed by atoms with Crippen molar-refractivity contribution in [1.82, 2.24) is 9.97 Å². The summed E-state index contributed by atoms with van der Waals surface area (Å²) in [4.78, 5) is 12.4. The lowest BCUT2D eigenvalue weighted by molar-refractivity contribution is 0.0925. The van der Waals surface area contributed by atoms with Gasteiger partial charge in [-0.05, 0) is 25.0 Å². The molecule has 0 N–H and O–H groups in total. The highest BCUT2D eigenvalue weighted by molar-refractivity contribution is 7.17. The van der Waals surface area contributed by atoms with Crippen LogP contribution in [0.1, 0.15) is 24.5 Å². The third-order valence-corrected chi connectivity index (χ3v) is 5.54. The van der Waals surface area contributed by atoms with Gasteiger partial charge in [0.05, 0.1) is 5.39 Å². The first-order valence-electron chi connectivity index (χ1n) is 8.26. The van der Waals surface area contributed by atoms with Crippen molar-refractivity contribution >= 4 is 27.4 Å². The minimum absolute atomic E-state index is 0.124. The van der Waals surface area contributed by atoms with Gasteiger partial charge in [0.15, 0.2) is 17.6 Å². The normalized spacial score (nSPS) is 19.8. The summed E-state index contributed by atoms with van der Waals surface area (Å²) in [6.07, 6.45) is 3.99. The number of fused-ring (bicyclic) bond motifs is 2. The highest BCUT2D eigenvalue weighted by Gasteiger charge is 2.28. The van der Waals surface area contributed by atoms with Gasteiger partial charge in [0.2, 0.25) is 0 Å². The highest BCUT2D eigenvalue weighted by atomic mass is 32.1. The molecule has 0 saturated carbocycles. The van der Waals surface area contributed by atoms with Gasteiger partial charge in [0, 0.05) is 24.0 Å². The zero-order valence-electron chi connectivity index (χ0n) is 13.1. The number of hydrogen-bond donors (Lipinski definition) is 0. The molecule has 3 aromatic rings. The highest BCUT2D eigenvalue weighted by Crippen LogP contribution is 2.41. The first kappa shape index (κ1) is 14.0. The van der Waals surface area contributed by atoms with Crippen molar-refractivity contribution in [1.29, 1.82) is 0 Å². The van der Waals surface area contributed by atoms with Gasteiger partial charge in [-0.15, -0.1) is 11.3 Å². The summed E-state index contributed by atoms with van der Waals surface area (Å²) in [6, 6.07) is 7.82. The first-order valence-corrected chi connectivity index (χ1v) is 9.13. The Bertz CT molecular complexity index is 889. The minimum atomic E-state index is -0.124. The van der Waals surface area contributed by atoms with Crippen molar-refractivity contribution in [3.63, 3.8) is 0 Å². The van der Waals surface area contributed by atoms with E-state index >= 15 is 0 Å². The van der Waals surface area contributed by atoms with E-state index in [0.717, 1.165) is 46.2 Å². The minimum Gasteiger partial charge on any atom is -0.485 e. The number of benzene rings is 1. The maximum Gasteiger partial charge on any atom is 0.162 e. The first-order chi connectivity index (χ1) is 11.9. The molecule has 0 radical (unpaired) electrons. The van der Waals surface area contributed by atoms with E-state index in [4.69, 9.17) is 9.47 Å². The smallest absolute Gasteiger partial charge is 0.162 e. The molecule has 1 atom stereocenters. The lowest BCUT2D eigenvalue weighted by Gasteiger charge is -2.27. The Labute approximate surface area is 143 Å². The summed E-state index contributed by atoms with van der Waals surface area (Å²) < 4.78 is 12.1. The Balaban J connectivity index is 1.58. The molecule has 5 rings (SSSR count). The Morgan fingerprint density at radius 2 is 1.92 bits per heavy atom. The van der Waals surface area contributed by atoms with Gasteiger partial charge in [-0.1, -0.05) is 12.1 Å². The molecule has 1 aromatic carbocycles. The predicted octanol–water partition coefficient (Wildman–Crippen LogP) is 3.80. The number of nitrogens with zero attached hydrogens (tertiary/aromatic N) is 3. The molecular formula is C18H17N3O2S. The molecule has 6 heteroatoms. The van der Waals surface area contributed by atoms with Gasteiger partial charge in [-0.25, -0.2) is 9.97 Å². The van der Waals surface area contributed by atoms with Crippen LogP contribution in [0.4, 0.5) is 5.82 Å². The van der Waals surface area contributed by atoms with Crippen molar-refractivity contribution in [2.24, 2.45) is 0 Å². The fourth-order valence-corrected chi connectivity index (χ4v) is 4.40. The van der Waals surface area contributed by atoms with E-state index in [0.29, 0.717) is 6.61 Å². The van der Waals surface area contributed by atoms with E-state index in [1.54, 1.807) is 17.7 Å². The second-order valence-electron chi connectivity index (χ2n) is 6.13. The van der Waals surface area contributed by atoms with E-state index in [2.05, 4.69) is 20.2 Å². The number of aromatic nitrogens is 2. The molecule has 0 amide bonds. The summed E-state index contributed by atoms with van der Waals surface area (Å²) >= 11 is 1.65. The Morgan fingerprint density at radius 3 is 2.79 bits per heavy atom. The van der Waals surface area contributed by atoms with Crippen LogP contribution in [-0.4, -0.2) is 29.7 Å². The second-order valence-corrected chi connectivity index (χ2v) is 6.98. The number of anilines is 1. The van der Waals surface area contributed by atoms with Crippen LogP contribution in [0.25, 0.3) is 10.2 Å². The zero-order chi connectivity index (χ0) is 15.9. The summed E-state index contributed by atoms with van der Waals surface area (Å²) in [7, 11) is 0. The third-order valence-electron chi connectivity index (χ3n) is 4.64. The van der Waals surface area contributed by atoms with E-state index in [9.17, 15) is 0 Å². The fourth-order valence-electron chi connectivity index (χ4n) is 3.46. The molecule has 122 valence electrons. The third kappa shape index (κ3) is 2.21. The largest absolute Gasteiger partial charge is 0.485 e. The Morgan fingerprint density at radius 1 is 1.08 bits per heavy atom. The predicted molar refractivity (Wildman–Crippen MR) is 94.2 cm³/mol. The van der Waals surface area contributed by atoms with Crippen LogP contribution in [-0.2, 0) is 0 Å². The molecule has 0 unspecified atom stereocenters.